The fourth-order valence-electron chi connectivity index (χ4n) is 0.864. The third kappa shape index (κ3) is 1.69. The molecule has 0 amide bonds. The first-order valence-corrected chi connectivity index (χ1v) is 3.46. The summed E-state index contributed by atoms with van der Waals surface area (Å²) in [5, 5.41) is 8.04. The molecule has 0 fully saturated rings. The minimum absolute atomic E-state index is 0.332. The number of hydrazine groups is 1. The van der Waals surface area contributed by atoms with Crippen LogP contribution in [0.5, 0.6) is 0 Å². The summed E-state index contributed by atoms with van der Waals surface area (Å²) < 4.78 is 0. The summed E-state index contributed by atoms with van der Waals surface area (Å²) in [5.74, 6) is 0. The molecule has 0 aliphatic rings. The van der Waals surface area contributed by atoms with Gasteiger partial charge >= 0.3 is 5.03 Å². The molecule has 0 aliphatic carbocycles. The molecule has 5 nitrogen and oxygen atoms in total. The number of pyridine rings is 1. The molecule has 0 aromatic carbocycles. The summed E-state index contributed by atoms with van der Waals surface area (Å²) in [6, 6.07) is 1.61. The van der Waals surface area contributed by atoms with Crippen LogP contribution in [0.2, 0.25) is 0 Å². The Kier molecular flexibility index (Phi) is 2.23. The largest absolute Gasteiger partial charge is 0.359 e. The van der Waals surface area contributed by atoms with Gasteiger partial charge in [0.1, 0.15) is 10.6 Å². The second-order valence-corrected chi connectivity index (χ2v) is 2.45. The minimum atomic E-state index is -0.332. The van der Waals surface area contributed by atoms with Gasteiger partial charge in [-0.2, -0.15) is 0 Å². The summed E-state index contributed by atoms with van der Waals surface area (Å²) in [7, 11) is 0. The molecule has 1 aromatic rings. The van der Waals surface area contributed by atoms with E-state index in [2.05, 4.69) is 10.4 Å². The predicted molar refractivity (Wildman–Crippen MR) is 42.7 cm³/mol. The van der Waals surface area contributed by atoms with Gasteiger partial charge in [0.25, 0.3) is 0 Å². The van der Waals surface area contributed by atoms with Crippen LogP contribution in [0.25, 0.3) is 0 Å². The zero-order chi connectivity index (χ0) is 9.14. The van der Waals surface area contributed by atoms with Gasteiger partial charge in [0, 0.05) is 11.9 Å². The number of hydrogen-bond acceptors (Lipinski definition) is 2. The Hall–Kier alpha value is -1.65. The van der Waals surface area contributed by atoms with Gasteiger partial charge in [0.2, 0.25) is 0 Å². The Bertz CT molecular complexity index is 312. The third-order valence-electron chi connectivity index (χ3n) is 1.67. The van der Waals surface area contributed by atoms with Gasteiger partial charge in [-0.25, -0.2) is 5.21 Å². The van der Waals surface area contributed by atoms with Crippen molar-refractivity contribution < 1.29 is 10.2 Å². The van der Waals surface area contributed by atoms with Crippen LogP contribution in [0.1, 0.15) is 11.3 Å². The van der Waals surface area contributed by atoms with Crippen LogP contribution in [0.3, 0.4) is 0 Å². The van der Waals surface area contributed by atoms with E-state index in [0.29, 0.717) is 5.69 Å². The van der Waals surface area contributed by atoms with E-state index in [0.717, 1.165) is 11.3 Å². The van der Waals surface area contributed by atoms with Gasteiger partial charge in [-0.05, 0) is 25.5 Å². The molecule has 2 N–H and O–H groups in total. The number of nitrogens with zero attached hydrogens (tertiary/aromatic N) is 2. The molecule has 0 atom stereocenters. The maximum atomic E-state index is 10.2. The van der Waals surface area contributed by atoms with Crippen LogP contribution >= 0.6 is 0 Å². The first-order valence-electron chi connectivity index (χ1n) is 3.46. The Morgan fingerprint density at radius 3 is 2.83 bits per heavy atom. The van der Waals surface area contributed by atoms with Crippen molar-refractivity contribution in [1.82, 2.24) is 4.98 Å². The van der Waals surface area contributed by atoms with Crippen LogP contribution < -0.4 is 5.43 Å². The monoisotopic (exact) mass is 168 g/mol. The van der Waals surface area contributed by atoms with Crippen molar-refractivity contribution in [3.63, 3.8) is 0 Å². The van der Waals surface area contributed by atoms with Crippen molar-refractivity contribution in [3.8, 4) is 0 Å². The molecule has 0 unspecified atom stereocenters. The molecule has 0 bridgehead atoms. The molecule has 5 heteroatoms. The van der Waals surface area contributed by atoms with Crippen LogP contribution in [-0.4, -0.2) is 15.2 Å². The highest BCUT2D eigenvalue weighted by Gasteiger charge is 2.08. The third-order valence-corrected chi connectivity index (χ3v) is 1.67. The molecular weight excluding hydrogens is 158 g/mol. The second kappa shape index (κ2) is 3.17. The van der Waals surface area contributed by atoms with Crippen molar-refractivity contribution in [2.24, 2.45) is 0 Å². The molecule has 0 saturated heterocycles. The number of aryl methyl sites for hydroxylation is 1. The van der Waals surface area contributed by atoms with Gasteiger partial charge in [-0.1, -0.05) is 5.43 Å². The number of hydrogen-bond donors (Lipinski definition) is 2. The van der Waals surface area contributed by atoms with E-state index in [1.54, 1.807) is 12.3 Å². The van der Waals surface area contributed by atoms with Gasteiger partial charge in [-0.15, -0.1) is 0 Å². The van der Waals surface area contributed by atoms with Gasteiger partial charge in [-0.3, -0.25) is 4.98 Å². The lowest BCUT2D eigenvalue weighted by molar-refractivity contribution is -0.769. The Labute approximate surface area is 69.6 Å². The van der Waals surface area contributed by atoms with Crippen molar-refractivity contribution >= 4 is 5.69 Å². The smallest absolute Gasteiger partial charge is 0.261 e. The molecule has 64 valence electrons. The molecule has 0 aliphatic heterocycles. The average Bonchev–Trinajstić information content (AvgIpc) is 1.98. The molecule has 1 rings (SSSR count). The molecule has 1 aromatic heterocycles. The zero-order valence-corrected chi connectivity index (χ0v) is 6.90. The van der Waals surface area contributed by atoms with E-state index in [1.165, 1.54) is 0 Å². The van der Waals surface area contributed by atoms with Crippen molar-refractivity contribution in [2.45, 2.75) is 13.8 Å². The molecule has 0 saturated carbocycles. The number of nitrogens with one attached hydrogen (secondary N) is 1. The minimum Gasteiger partial charge on any atom is -0.261 e. The first kappa shape index (κ1) is 8.45. The fourth-order valence-corrected chi connectivity index (χ4v) is 0.864. The van der Waals surface area contributed by atoms with E-state index in [-0.39, 0.29) is 5.03 Å². The van der Waals surface area contributed by atoms with E-state index in [4.69, 9.17) is 5.21 Å². The van der Waals surface area contributed by atoms with Crippen LogP contribution in [0.4, 0.5) is 5.69 Å². The first-order chi connectivity index (χ1) is 5.61. The maximum absolute atomic E-state index is 10.2. The quantitative estimate of drug-likeness (QED) is 0.651. The standard InChI is InChI=1S/C7H10N3O2/c1-5-6(2)8-4-3-7(5)9-10(11)12/h3-4H,1-2H3,(H,8,9)(H,11,12)/q+1. The van der Waals surface area contributed by atoms with E-state index >= 15 is 0 Å². The van der Waals surface area contributed by atoms with Gasteiger partial charge < -0.3 is 0 Å². The Morgan fingerprint density at radius 2 is 2.25 bits per heavy atom. The number of rotatable bonds is 2. The van der Waals surface area contributed by atoms with Crippen molar-refractivity contribution in [1.29, 1.82) is 0 Å². The predicted octanol–water partition coefficient (Wildman–Crippen LogP) is 1.19. The summed E-state index contributed by atoms with van der Waals surface area (Å²) in [4.78, 5) is 14.2. The molecule has 1 heterocycles. The molecular formula is C7H10N3O2+. The van der Waals surface area contributed by atoms with Crippen molar-refractivity contribution in [2.75, 3.05) is 5.43 Å². The molecule has 0 radical (unpaired) electrons. The average molecular weight is 168 g/mol. The SMILES string of the molecule is Cc1nccc(N[N+](=O)O)c1C. The van der Waals surface area contributed by atoms with Crippen LogP contribution in [-0.2, 0) is 0 Å². The van der Waals surface area contributed by atoms with E-state index in [9.17, 15) is 4.91 Å². The summed E-state index contributed by atoms with van der Waals surface area (Å²) in [6.07, 6.45) is 1.56. The highest BCUT2D eigenvalue weighted by molar-refractivity contribution is 5.49. The number of anilines is 1. The summed E-state index contributed by atoms with van der Waals surface area (Å²) in [5.41, 5.74) is 4.42. The summed E-state index contributed by atoms with van der Waals surface area (Å²) in [6.45, 7) is 3.64. The van der Waals surface area contributed by atoms with E-state index < -0.39 is 0 Å². The van der Waals surface area contributed by atoms with E-state index in [1.807, 2.05) is 13.8 Å². The normalized spacial score (nSPS) is 9.50. The zero-order valence-electron chi connectivity index (χ0n) is 6.90. The molecule has 12 heavy (non-hydrogen) atoms. The van der Waals surface area contributed by atoms with Gasteiger partial charge in [0.15, 0.2) is 0 Å². The molecule has 0 spiro atoms. The van der Waals surface area contributed by atoms with Crippen LogP contribution in [0, 0.1) is 18.8 Å². The lowest BCUT2D eigenvalue weighted by Crippen LogP contribution is -2.12. The topological polar surface area (TPSA) is 65.2 Å². The second-order valence-electron chi connectivity index (χ2n) is 2.45. The Morgan fingerprint density at radius 1 is 1.58 bits per heavy atom. The maximum Gasteiger partial charge on any atom is 0.359 e. The highest BCUT2D eigenvalue weighted by Crippen LogP contribution is 2.14. The lowest BCUT2D eigenvalue weighted by Gasteiger charge is -2.00. The highest BCUT2D eigenvalue weighted by atomic mass is 16.7. The van der Waals surface area contributed by atoms with Crippen LogP contribution in [0.15, 0.2) is 12.3 Å². The lowest BCUT2D eigenvalue weighted by atomic mass is 10.2. The summed E-state index contributed by atoms with van der Waals surface area (Å²) >= 11 is 0. The van der Waals surface area contributed by atoms with Crippen molar-refractivity contribution in [3.05, 3.63) is 28.4 Å². The number of aromatic nitrogens is 1. The fraction of sp³-hybridized carbons (Fsp3) is 0.286. The Balaban J connectivity index is 3.00. The van der Waals surface area contributed by atoms with Gasteiger partial charge in [0.05, 0.1) is 0 Å².